The lowest BCUT2D eigenvalue weighted by molar-refractivity contribution is 0.758. The average molecular weight is 154 g/mol. The first-order chi connectivity index (χ1) is 5.07. The molecule has 0 bridgehead atoms. The molecule has 2 nitrogen and oxygen atoms in total. The van der Waals surface area contributed by atoms with Crippen LogP contribution in [0.1, 0.15) is 27.7 Å². The molecule has 11 heavy (non-hydrogen) atoms. The molecule has 0 aromatic heterocycles. The highest BCUT2D eigenvalue weighted by Crippen LogP contribution is 2.01. The Morgan fingerprint density at radius 2 is 2.09 bits per heavy atom. The summed E-state index contributed by atoms with van der Waals surface area (Å²) in [6.07, 6.45) is 1.94. The molecule has 64 valence electrons. The van der Waals surface area contributed by atoms with Crippen molar-refractivity contribution in [3.63, 3.8) is 0 Å². The van der Waals surface area contributed by atoms with Gasteiger partial charge in [-0.2, -0.15) is 0 Å². The van der Waals surface area contributed by atoms with Gasteiger partial charge in [-0.25, -0.2) is 0 Å². The van der Waals surface area contributed by atoms with Gasteiger partial charge < -0.3 is 5.73 Å². The van der Waals surface area contributed by atoms with Crippen LogP contribution in [0.5, 0.6) is 0 Å². The molecule has 0 heterocycles. The van der Waals surface area contributed by atoms with Crippen molar-refractivity contribution in [1.29, 1.82) is 0 Å². The number of hydrogen-bond acceptors (Lipinski definition) is 2. The van der Waals surface area contributed by atoms with Gasteiger partial charge in [-0.15, -0.1) is 0 Å². The van der Waals surface area contributed by atoms with Crippen LogP contribution >= 0.6 is 0 Å². The molecule has 0 aliphatic rings. The molecule has 2 heteroatoms. The van der Waals surface area contributed by atoms with E-state index in [1.165, 1.54) is 0 Å². The van der Waals surface area contributed by atoms with Crippen molar-refractivity contribution in [2.45, 2.75) is 27.7 Å². The second kappa shape index (κ2) is 4.94. The van der Waals surface area contributed by atoms with Gasteiger partial charge in [0, 0.05) is 18.0 Å². The van der Waals surface area contributed by atoms with Gasteiger partial charge in [-0.3, -0.25) is 4.99 Å². The second-order valence-corrected chi connectivity index (χ2v) is 2.91. The zero-order chi connectivity index (χ0) is 8.85. The van der Waals surface area contributed by atoms with Crippen LogP contribution in [0.2, 0.25) is 0 Å². The van der Waals surface area contributed by atoms with E-state index in [9.17, 15) is 0 Å². The van der Waals surface area contributed by atoms with E-state index in [0.29, 0.717) is 5.92 Å². The van der Waals surface area contributed by atoms with Gasteiger partial charge in [0.05, 0.1) is 0 Å². The number of nitrogens with zero attached hydrogens (tertiary/aromatic N) is 1. The van der Waals surface area contributed by atoms with Crippen LogP contribution in [0, 0.1) is 5.92 Å². The van der Waals surface area contributed by atoms with E-state index in [0.717, 1.165) is 18.0 Å². The topological polar surface area (TPSA) is 38.4 Å². The Kier molecular flexibility index (Phi) is 4.59. The molecule has 0 unspecified atom stereocenters. The minimum Gasteiger partial charge on any atom is -0.402 e. The van der Waals surface area contributed by atoms with Crippen molar-refractivity contribution in [2.24, 2.45) is 16.6 Å². The molecule has 0 radical (unpaired) electrons. The Labute approximate surface area is 69.2 Å². The van der Waals surface area contributed by atoms with Crippen molar-refractivity contribution in [3.05, 3.63) is 11.8 Å². The van der Waals surface area contributed by atoms with Crippen molar-refractivity contribution in [1.82, 2.24) is 0 Å². The summed E-state index contributed by atoms with van der Waals surface area (Å²) in [7, 11) is 0. The summed E-state index contributed by atoms with van der Waals surface area (Å²) in [5, 5.41) is 0. The van der Waals surface area contributed by atoms with E-state index in [-0.39, 0.29) is 0 Å². The summed E-state index contributed by atoms with van der Waals surface area (Å²) < 4.78 is 0. The van der Waals surface area contributed by atoms with Crippen molar-refractivity contribution in [3.8, 4) is 0 Å². The van der Waals surface area contributed by atoms with Gasteiger partial charge >= 0.3 is 0 Å². The number of allylic oxidation sites excluding steroid dienone is 2. The molecule has 0 aliphatic carbocycles. The van der Waals surface area contributed by atoms with Crippen molar-refractivity contribution < 1.29 is 0 Å². The highest BCUT2D eigenvalue weighted by Gasteiger charge is 1.96. The first kappa shape index (κ1) is 10.2. The summed E-state index contributed by atoms with van der Waals surface area (Å²) in [6, 6.07) is 0. The molecule has 0 aromatic rings. The minimum absolute atomic E-state index is 0.414. The van der Waals surface area contributed by atoms with E-state index in [1.807, 2.05) is 19.9 Å². The number of nitrogens with two attached hydrogens (primary N) is 1. The fourth-order valence-corrected chi connectivity index (χ4v) is 0.703. The van der Waals surface area contributed by atoms with Crippen LogP contribution in [0.4, 0.5) is 0 Å². The lowest BCUT2D eigenvalue weighted by Gasteiger charge is -2.03. The third-order valence-corrected chi connectivity index (χ3v) is 1.45. The van der Waals surface area contributed by atoms with Crippen LogP contribution < -0.4 is 5.73 Å². The van der Waals surface area contributed by atoms with Gasteiger partial charge in [0.25, 0.3) is 0 Å². The van der Waals surface area contributed by atoms with E-state index in [1.54, 1.807) is 0 Å². The molecule has 0 spiro atoms. The molecule has 0 fully saturated rings. The third kappa shape index (κ3) is 4.59. The summed E-state index contributed by atoms with van der Waals surface area (Å²) in [6.45, 7) is 8.96. The van der Waals surface area contributed by atoms with E-state index >= 15 is 0 Å². The highest BCUT2D eigenvalue weighted by molar-refractivity contribution is 5.93. The second-order valence-electron chi connectivity index (χ2n) is 2.91. The standard InChI is InChI=1S/C9H18N2/c1-5-11-8(4)6-9(10)7(2)3/h6-7H,5,10H2,1-4H3/b9-6-,11-8?. The number of aliphatic imine (C=N–C) groups is 1. The summed E-state index contributed by atoms with van der Waals surface area (Å²) in [5.41, 5.74) is 7.64. The molecule has 0 rings (SSSR count). The predicted molar refractivity (Wildman–Crippen MR) is 50.8 cm³/mol. The Hall–Kier alpha value is -0.790. The quantitative estimate of drug-likeness (QED) is 0.620. The first-order valence-electron chi connectivity index (χ1n) is 4.06. The van der Waals surface area contributed by atoms with Gasteiger partial charge in [-0.05, 0) is 25.8 Å². The van der Waals surface area contributed by atoms with E-state index in [4.69, 9.17) is 5.73 Å². The zero-order valence-corrected chi connectivity index (χ0v) is 7.89. The maximum absolute atomic E-state index is 5.73. The monoisotopic (exact) mass is 154 g/mol. The van der Waals surface area contributed by atoms with Crippen LogP contribution in [0.3, 0.4) is 0 Å². The molecular weight excluding hydrogens is 136 g/mol. The predicted octanol–water partition coefficient (Wildman–Crippen LogP) is 1.97. The van der Waals surface area contributed by atoms with Crippen molar-refractivity contribution >= 4 is 5.71 Å². The Bertz CT molecular complexity index is 166. The van der Waals surface area contributed by atoms with Crippen LogP contribution in [-0.4, -0.2) is 12.3 Å². The SMILES string of the molecule is CCN=C(C)/C=C(\N)C(C)C. The highest BCUT2D eigenvalue weighted by atomic mass is 14.7. The summed E-state index contributed by atoms with van der Waals surface area (Å²) >= 11 is 0. The smallest absolute Gasteiger partial charge is 0.0364 e. The molecule has 2 N–H and O–H groups in total. The number of hydrogen-bond donors (Lipinski definition) is 1. The minimum atomic E-state index is 0.414. The molecule has 0 aliphatic heterocycles. The Morgan fingerprint density at radius 3 is 2.45 bits per heavy atom. The summed E-state index contributed by atoms with van der Waals surface area (Å²) in [4.78, 5) is 4.21. The molecule has 0 aromatic carbocycles. The van der Waals surface area contributed by atoms with Gasteiger partial charge in [-0.1, -0.05) is 13.8 Å². The third-order valence-electron chi connectivity index (χ3n) is 1.45. The lowest BCUT2D eigenvalue weighted by Crippen LogP contribution is -2.07. The Balaban J connectivity index is 4.18. The van der Waals surface area contributed by atoms with Gasteiger partial charge in [0.2, 0.25) is 0 Å². The maximum Gasteiger partial charge on any atom is 0.0364 e. The Morgan fingerprint density at radius 1 is 1.55 bits per heavy atom. The van der Waals surface area contributed by atoms with E-state index < -0.39 is 0 Å². The fraction of sp³-hybridized carbons (Fsp3) is 0.667. The largest absolute Gasteiger partial charge is 0.402 e. The molecule has 0 saturated heterocycles. The van der Waals surface area contributed by atoms with Gasteiger partial charge in [0.15, 0.2) is 0 Å². The van der Waals surface area contributed by atoms with Crippen LogP contribution in [0.15, 0.2) is 16.8 Å². The average Bonchev–Trinajstić information content (AvgIpc) is 1.87. The maximum atomic E-state index is 5.73. The number of rotatable bonds is 3. The molecular formula is C9H18N2. The van der Waals surface area contributed by atoms with Crippen molar-refractivity contribution in [2.75, 3.05) is 6.54 Å². The first-order valence-corrected chi connectivity index (χ1v) is 4.06. The fourth-order valence-electron chi connectivity index (χ4n) is 0.703. The lowest BCUT2D eigenvalue weighted by atomic mass is 10.1. The molecule has 0 amide bonds. The van der Waals surface area contributed by atoms with Gasteiger partial charge in [0.1, 0.15) is 0 Å². The van der Waals surface area contributed by atoms with Crippen LogP contribution in [0.25, 0.3) is 0 Å². The molecule has 0 atom stereocenters. The zero-order valence-electron chi connectivity index (χ0n) is 7.89. The van der Waals surface area contributed by atoms with E-state index in [2.05, 4.69) is 18.8 Å². The normalized spacial score (nSPS) is 14.3. The van der Waals surface area contributed by atoms with Crippen LogP contribution in [-0.2, 0) is 0 Å². The summed E-state index contributed by atoms with van der Waals surface area (Å²) in [5.74, 6) is 0.414. The molecule has 0 saturated carbocycles.